The first-order chi connectivity index (χ1) is 10.6. The zero-order chi connectivity index (χ0) is 15.5. The predicted molar refractivity (Wildman–Crippen MR) is 80.1 cm³/mol. The van der Waals surface area contributed by atoms with Crippen LogP contribution in [0.5, 0.6) is 0 Å². The Bertz CT molecular complexity index is 741. The minimum Gasteiger partial charge on any atom is -0.329 e. The van der Waals surface area contributed by atoms with Crippen LogP contribution in [-0.2, 0) is 17.9 Å². The molecule has 0 aromatic carbocycles. The molecule has 3 heterocycles. The van der Waals surface area contributed by atoms with Crippen LogP contribution in [0.25, 0.3) is 0 Å². The molecule has 7 nitrogen and oxygen atoms in total. The maximum Gasteiger partial charge on any atom is 0.327 e. The molecule has 114 valence electrons. The van der Waals surface area contributed by atoms with Gasteiger partial charge in [0.25, 0.3) is 5.56 Å². The summed E-state index contributed by atoms with van der Waals surface area (Å²) in [6.07, 6.45) is 3.43. The van der Waals surface area contributed by atoms with Crippen molar-refractivity contribution >= 4 is 23.3 Å². The molecule has 8 heteroatoms. The fraction of sp³-hybridized carbons (Fsp3) is 0.286. The minimum absolute atomic E-state index is 0.178. The monoisotopic (exact) mass is 318 g/mol. The van der Waals surface area contributed by atoms with Crippen LogP contribution in [0.3, 0.4) is 0 Å². The zero-order valence-electron chi connectivity index (χ0n) is 11.7. The summed E-state index contributed by atoms with van der Waals surface area (Å²) in [5.74, 6) is -0.210. The van der Waals surface area contributed by atoms with Crippen molar-refractivity contribution in [3.05, 3.63) is 50.8 Å². The van der Waals surface area contributed by atoms with Gasteiger partial charge >= 0.3 is 6.03 Å². The maximum absolute atomic E-state index is 12.5. The molecule has 1 fully saturated rings. The Kier molecular flexibility index (Phi) is 4.01. The number of carbonyl (C=O) groups excluding carboxylic acids is 2. The van der Waals surface area contributed by atoms with Gasteiger partial charge in [-0.25, -0.2) is 9.78 Å². The molecule has 0 aliphatic carbocycles. The Morgan fingerprint density at radius 2 is 2.14 bits per heavy atom. The number of aromatic nitrogens is 2. The lowest BCUT2D eigenvalue weighted by Gasteiger charge is -2.33. The van der Waals surface area contributed by atoms with Crippen LogP contribution in [0.4, 0.5) is 4.79 Å². The summed E-state index contributed by atoms with van der Waals surface area (Å²) in [7, 11) is 0. The van der Waals surface area contributed by atoms with Crippen molar-refractivity contribution in [1.82, 2.24) is 19.8 Å². The molecule has 3 rings (SSSR count). The number of nitrogens with one attached hydrogen (secondary N) is 1. The van der Waals surface area contributed by atoms with Crippen LogP contribution < -0.4 is 5.56 Å². The van der Waals surface area contributed by atoms with Crippen LogP contribution in [0.2, 0.25) is 0 Å². The standard InChI is InChI=1S/C14H14N4O3S/c19-12-3-6-17(8-10-2-1-4-16-13(10)20)14(21)18(12)9-11-15-5-7-22-11/h1-2,4-5,7H,3,6,8-9H2,(H,16,20). The number of nitrogens with zero attached hydrogens (tertiary/aromatic N) is 3. The van der Waals surface area contributed by atoms with E-state index in [9.17, 15) is 14.4 Å². The zero-order valence-corrected chi connectivity index (χ0v) is 12.5. The highest BCUT2D eigenvalue weighted by Gasteiger charge is 2.32. The molecule has 1 aliphatic heterocycles. The lowest BCUT2D eigenvalue weighted by Crippen LogP contribution is -2.51. The normalized spacial score (nSPS) is 15.5. The second-order valence-electron chi connectivity index (χ2n) is 4.88. The maximum atomic E-state index is 12.5. The van der Waals surface area contributed by atoms with E-state index >= 15 is 0 Å². The molecular weight excluding hydrogens is 304 g/mol. The molecule has 3 amide bonds. The highest BCUT2D eigenvalue weighted by Crippen LogP contribution is 2.17. The number of rotatable bonds is 4. The van der Waals surface area contributed by atoms with E-state index in [0.29, 0.717) is 17.1 Å². The minimum atomic E-state index is -0.380. The van der Waals surface area contributed by atoms with Crippen LogP contribution >= 0.6 is 11.3 Å². The lowest BCUT2D eigenvalue weighted by molar-refractivity contribution is -0.131. The van der Waals surface area contributed by atoms with Gasteiger partial charge in [-0.2, -0.15) is 0 Å². The summed E-state index contributed by atoms with van der Waals surface area (Å²) >= 11 is 1.40. The van der Waals surface area contributed by atoms with Crippen molar-refractivity contribution in [2.24, 2.45) is 0 Å². The Labute approximate surface area is 130 Å². The van der Waals surface area contributed by atoms with Gasteiger partial charge in [0, 0.05) is 36.3 Å². The molecule has 0 saturated carbocycles. The number of urea groups is 1. The topological polar surface area (TPSA) is 86.4 Å². The molecule has 0 bridgehead atoms. The molecule has 1 saturated heterocycles. The summed E-state index contributed by atoms with van der Waals surface area (Å²) in [4.78, 5) is 45.6. The van der Waals surface area contributed by atoms with Crippen LogP contribution in [0.1, 0.15) is 17.0 Å². The third-order valence-corrected chi connectivity index (χ3v) is 4.20. The van der Waals surface area contributed by atoms with Gasteiger partial charge in [0.05, 0.1) is 13.1 Å². The fourth-order valence-corrected chi connectivity index (χ4v) is 2.90. The number of pyridine rings is 1. The van der Waals surface area contributed by atoms with Gasteiger partial charge in [-0.05, 0) is 6.07 Å². The van der Waals surface area contributed by atoms with Crippen LogP contribution in [0.15, 0.2) is 34.7 Å². The molecule has 0 radical (unpaired) electrons. The Morgan fingerprint density at radius 1 is 1.27 bits per heavy atom. The average Bonchev–Trinajstić information content (AvgIpc) is 3.01. The van der Waals surface area contributed by atoms with E-state index in [0.717, 1.165) is 0 Å². The molecular formula is C14H14N4O3S. The highest BCUT2D eigenvalue weighted by atomic mass is 32.1. The molecule has 1 aliphatic rings. The first-order valence-corrected chi connectivity index (χ1v) is 7.67. The van der Waals surface area contributed by atoms with Gasteiger partial charge in [0.1, 0.15) is 5.01 Å². The number of carbonyl (C=O) groups is 2. The summed E-state index contributed by atoms with van der Waals surface area (Å²) < 4.78 is 0. The molecule has 0 spiro atoms. The quantitative estimate of drug-likeness (QED) is 0.917. The Balaban J connectivity index is 1.76. The van der Waals surface area contributed by atoms with E-state index in [1.165, 1.54) is 21.1 Å². The van der Waals surface area contributed by atoms with E-state index in [1.807, 2.05) is 0 Å². The Morgan fingerprint density at radius 3 is 2.86 bits per heavy atom. The van der Waals surface area contributed by atoms with Gasteiger partial charge < -0.3 is 9.88 Å². The first-order valence-electron chi connectivity index (χ1n) is 6.79. The predicted octanol–water partition coefficient (Wildman–Crippen LogP) is 1.19. The number of amides is 3. The van der Waals surface area contributed by atoms with Crippen molar-refractivity contribution in [3.8, 4) is 0 Å². The van der Waals surface area contributed by atoms with Crippen LogP contribution in [-0.4, -0.2) is 38.3 Å². The second-order valence-corrected chi connectivity index (χ2v) is 5.86. The van der Waals surface area contributed by atoms with Gasteiger partial charge in [-0.3, -0.25) is 14.5 Å². The smallest absolute Gasteiger partial charge is 0.327 e. The second kappa shape index (κ2) is 6.10. The third kappa shape index (κ3) is 2.91. The highest BCUT2D eigenvalue weighted by molar-refractivity contribution is 7.09. The van der Waals surface area contributed by atoms with E-state index in [4.69, 9.17) is 0 Å². The molecule has 0 atom stereocenters. The molecule has 2 aromatic rings. The summed E-state index contributed by atoms with van der Waals surface area (Å²) in [5.41, 5.74) is 0.276. The number of imide groups is 1. The largest absolute Gasteiger partial charge is 0.329 e. The molecule has 22 heavy (non-hydrogen) atoms. The first kappa shape index (κ1) is 14.5. The van der Waals surface area contributed by atoms with Gasteiger partial charge in [-0.15, -0.1) is 11.3 Å². The lowest BCUT2D eigenvalue weighted by atomic mass is 10.2. The van der Waals surface area contributed by atoms with Crippen molar-refractivity contribution in [1.29, 1.82) is 0 Å². The fourth-order valence-electron chi connectivity index (χ4n) is 2.29. The number of H-pyrrole nitrogens is 1. The van der Waals surface area contributed by atoms with Gasteiger partial charge in [-0.1, -0.05) is 6.07 Å². The molecule has 1 N–H and O–H groups in total. The van der Waals surface area contributed by atoms with E-state index in [2.05, 4.69) is 9.97 Å². The summed E-state index contributed by atoms with van der Waals surface area (Å²) in [5, 5.41) is 2.51. The number of hydrogen-bond acceptors (Lipinski definition) is 5. The van der Waals surface area contributed by atoms with Gasteiger partial charge in [0.2, 0.25) is 5.91 Å². The SMILES string of the molecule is O=C1CCN(Cc2ccc[nH]c2=O)C(=O)N1Cc1nccs1. The van der Waals surface area contributed by atoms with Gasteiger partial charge in [0.15, 0.2) is 0 Å². The third-order valence-electron chi connectivity index (χ3n) is 3.44. The van der Waals surface area contributed by atoms with Crippen molar-refractivity contribution in [2.75, 3.05) is 6.54 Å². The van der Waals surface area contributed by atoms with E-state index in [-0.39, 0.29) is 37.0 Å². The molecule has 0 unspecified atom stereocenters. The summed E-state index contributed by atoms with van der Waals surface area (Å²) in [6.45, 7) is 0.688. The Hall–Kier alpha value is -2.48. The molecule has 2 aromatic heterocycles. The summed E-state index contributed by atoms with van der Waals surface area (Å²) in [6, 6.07) is 3.01. The van der Waals surface area contributed by atoms with E-state index < -0.39 is 0 Å². The number of hydrogen-bond donors (Lipinski definition) is 1. The van der Waals surface area contributed by atoms with Crippen molar-refractivity contribution in [3.63, 3.8) is 0 Å². The van der Waals surface area contributed by atoms with E-state index in [1.54, 1.807) is 29.9 Å². The number of thiazole rings is 1. The average molecular weight is 318 g/mol. The van der Waals surface area contributed by atoms with Crippen molar-refractivity contribution in [2.45, 2.75) is 19.5 Å². The number of aromatic amines is 1. The van der Waals surface area contributed by atoms with Crippen molar-refractivity contribution < 1.29 is 9.59 Å². The van der Waals surface area contributed by atoms with Crippen LogP contribution in [0, 0.1) is 0 Å².